The maximum Gasteiger partial charge on any atom is 0.0590 e. The van der Waals surface area contributed by atoms with Crippen LogP contribution in [0.2, 0.25) is 0 Å². The summed E-state index contributed by atoms with van der Waals surface area (Å²) in [6.07, 6.45) is 2.20. The lowest BCUT2D eigenvalue weighted by Crippen LogP contribution is -2.21. The third kappa shape index (κ3) is 5.69. The van der Waals surface area contributed by atoms with Crippen LogP contribution < -0.4 is 5.32 Å². The molecule has 0 amide bonds. The first-order valence-corrected chi connectivity index (χ1v) is 5.83. The third-order valence-corrected chi connectivity index (χ3v) is 2.24. The minimum atomic E-state index is 0.787. The zero-order valence-corrected chi connectivity index (χ0v) is 10.2. The summed E-state index contributed by atoms with van der Waals surface area (Å²) < 4.78 is 5.25. The van der Waals surface area contributed by atoms with Gasteiger partial charge in [0.05, 0.1) is 6.61 Å². The minimum absolute atomic E-state index is 0.787. The molecule has 0 aromatic heterocycles. The zero-order valence-electron chi connectivity index (χ0n) is 10.2. The van der Waals surface area contributed by atoms with E-state index in [1.807, 2.05) is 13.0 Å². The van der Waals surface area contributed by atoms with E-state index in [9.17, 15) is 0 Å². The van der Waals surface area contributed by atoms with Gasteiger partial charge in [-0.3, -0.25) is 0 Å². The molecule has 2 nitrogen and oxygen atoms in total. The lowest BCUT2D eigenvalue weighted by atomic mass is 10.1. The Morgan fingerprint density at radius 3 is 2.75 bits per heavy atom. The van der Waals surface area contributed by atoms with Crippen LogP contribution >= 0.6 is 0 Å². The van der Waals surface area contributed by atoms with Gasteiger partial charge in [0, 0.05) is 19.7 Å². The van der Waals surface area contributed by atoms with E-state index in [0.717, 1.165) is 26.3 Å². The van der Waals surface area contributed by atoms with Gasteiger partial charge in [0.15, 0.2) is 0 Å². The highest BCUT2D eigenvalue weighted by atomic mass is 16.5. The van der Waals surface area contributed by atoms with Crippen molar-refractivity contribution in [3.05, 3.63) is 41.5 Å². The lowest BCUT2D eigenvalue weighted by Gasteiger charge is -2.05. The monoisotopic (exact) mass is 219 g/mol. The fourth-order valence-electron chi connectivity index (χ4n) is 1.46. The predicted molar refractivity (Wildman–Crippen MR) is 69.5 cm³/mol. The molecule has 0 saturated carbocycles. The number of ether oxygens (including phenoxy) is 1. The van der Waals surface area contributed by atoms with Gasteiger partial charge in [0.2, 0.25) is 0 Å². The molecular formula is C14H21NO. The highest BCUT2D eigenvalue weighted by Gasteiger charge is 1.91. The summed E-state index contributed by atoms with van der Waals surface area (Å²) >= 11 is 0. The largest absolute Gasteiger partial charge is 0.380 e. The van der Waals surface area contributed by atoms with Crippen LogP contribution in [-0.4, -0.2) is 26.3 Å². The van der Waals surface area contributed by atoms with Crippen molar-refractivity contribution in [1.29, 1.82) is 0 Å². The van der Waals surface area contributed by atoms with E-state index in [1.165, 1.54) is 11.1 Å². The topological polar surface area (TPSA) is 21.3 Å². The summed E-state index contributed by atoms with van der Waals surface area (Å²) in [6.45, 7) is 7.56. The van der Waals surface area contributed by atoms with Crippen molar-refractivity contribution in [3.63, 3.8) is 0 Å². The summed E-state index contributed by atoms with van der Waals surface area (Å²) in [7, 11) is 0. The molecule has 0 atom stereocenters. The van der Waals surface area contributed by atoms with Crippen molar-refractivity contribution in [1.82, 2.24) is 5.32 Å². The SMILES string of the molecule is CCOCCNC/C(C)=C/c1ccccc1. The molecule has 0 bridgehead atoms. The molecule has 0 unspecified atom stereocenters. The molecular weight excluding hydrogens is 198 g/mol. The molecule has 0 radical (unpaired) electrons. The van der Waals surface area contributed by atoms with Crippen LogP contribution in [0.1, 0.15) is 19.4 Å². The summed E-state index contributed by atoms with van der Waals surface area (Å²) in [4.78, 5) is 0. The molecule has 88 valence electrons. The van der Waals surface area contributed by atoms with Gasteiger partial charge >= 0.3 is 0 Å². The van der Waals surface area contributed by atoms with Crippen LogP contribution in [-0.2, 0) is 4.74 Å². The molecule has 16 heavy (non-hydrogen) atoms. The standard InChI is InChI=1S/C14H21NO/c1-3-16-10-9-15-12-13(2)11-14-7-5-4-6-8-14/h4-8,11,15H,3,9-10,12H2,1-2H3/b13-11+. The minimum Gasteiger partial charge on any atom is -0.380 e. The first kappa shape index (κ1) is 12.9. The van der Waals surface area contributed by atoms with Gasteiger partial charge in [-0.1, -0.05) is 42.0 Å². The summed E-state index contributed by atoms with van der Waals surface area (Å²) in [5.74, 6) is 0. The zero-order chi connectivity index (χ0) is 11.6. The Morgan fingerprint density at radius 2 is 2.06 bits per heavy atom. The molecule has 0 aliphatic rings. The van der Waals surface area contributed by atoms with Crippen LogP contribution in [0.3, 0.4) is 0 Å². The Bertz CT molecular complexity index is 306. The van der Waals surface area contributed by atoms with Crippen LogP contribution in [0.15, 0.2) is 35.9 Å². The van der Waals surface area contributed by atoms with E-state index in [4.69, 9.17) is 4.74 Å². The molecule has 0 aliphatic heterocycles. The molecule has 0 spiro atoms. The van der Waals surface area contributed by atoms with Gasteiger partial charge in [-0.15, -0.1) is 0 Å². The number of benzene rings is 1. The first-order valence-electron chi connectivity index (χ1n) is 5.83. The van der Waals surface area contributed by atoms with E-state index in [2.05, 4.69) is 42.6 Å². The predicted octanol–water partition coefficient (Wildman–Crippen LogP) is 2.72. The molecule has 1 aromatic carbocycles. The second kappa shape index (κ2) is 8.08. The highest BCUT2D eigenvalue weighted by Crippen LogP contribution is 2.04. The lowest BCUT2D eigenvalue weighted by molar-refractivity contribution is 0.150. The highest BCUT2D eigenvalue weighted by molar-refractivity contribution is 5.52. The second-order valence-corrected chi connectivity index (χ2v) is 3.78. The van der Waals surface area contributed by atoms with Gasteiger partial charge in [0.25, 0.3) is 0 Å². The summed E-state index contributed by atoms with van der Waals surface area (Å²) in [5, 5.41) is 3.35. The molecule has 1 N–H and O–H groups in total. The molecule has 2 heteroatoms. The Labute approximate surface area is 98.3 Å². The molecule has 1 aromatic rings. The van der Waals surface area contributed by atoms with Gasteiger partial charge in [-0.05, 0) is 19.4 Å². The fraction of sp³-hybridized carbons (Fsp3) is 0.429. The van der Waals surface area contributed by atoms with Crippen molar-refractivity contribution >= 4 is 6.08 Å². The van der Waals surface area contributed by atoms with Crippen LogP contribution in [0.25, 0.3) is 6.08 Å². The normalized spacial score (nSPS) is 11.8. The molecule has 1 rings (SSSR count). The van der Waals surface area contributed by atoms with E-state index in [0.29, 0.717) is 0 Å². The Morgan fingerprint density at radius 1 is 1.31 bits per heavy atom. The number of hydrogen-bond acceptors (Lipinski definition) is 2. The Hall–Kier alpha value is -1.12. The quantitative estimate of drug-likeness (QED) is 0.712. The average molecular weight is 219 g/mol. The molecule has 0 aliphatic carbocycles. The Kier molecular flexibility index (Phi) is 6.54. The van der Waals surface area contributed by atoms with E-state index in [-0.39, 0.29) is 0 Å². The van der Waals surface area contributed by atoms with Gasteiger partial charge in [-0.25, -0.2) is 0 Å². The van der Waals surface area contributed by atoms with Gasteiger partial charge < -0.3 is 10.1 Å². The van der Waals surface area contributed by atoms with Crippen LogP contribution in [0.5, 0.6) is 0 Å². The molecule has 0 fully saturated rings. The van der Waals surface area contributed by atoms with Crippen molar-refractivity contribution in [2.45, 2.75) is 13.8 Å². The number of nitrogens with one attached hydrogen (secondary N) is 1. The van der Waals surface area contributed by atoms with Crippen LogP contribution in [0.4, 0.5) is 0 Å². The second-order valence-electron chi connectivity index (χ2n) is 3.78. The molecule has 0 saturated heterocycles. The van der Waals surface area contributed by atoms with E-state index in [1.54, 1.807) is 0 Å². The van der Waals surface area contributed by atoms with Crippen molar-refractivity contribution < 1.29 is 4.74 Å². The van der Waals surface area contributed by atoms with Crippen molar-refractivity contribution in [3.8, 4) is 0 Å². The first-order chi connectivity index (χ1) is 7.83. The van der Waals surface area contributed by atoms with Crippen molar-refractivity contribution in [2.24, 2.45) is 0 Å². The maximum atomic E-state index is 5.25. The smallest absolute Gasteiger partial charge is 0.0590 e. The van der Waals surface area contributed by atoms with Gasteiger partial charge in [-0.2, -0.15) is 0 Å². The average Bonchev–Trinajstić information content (AvgIpc) is 2.30. The van der Waals surface area contributed by atoms with E-state index < -0.39 is 0 Å². The summed E-state index contributed by atoms with van der Waals surface area (Å²) in [5.41, 5.74) is 2.59. The number of rotatable bonds is 7. The third-order valence-electron chi connectivity index (χ3n) is 2.24. The Balaban J connectivity index is 2.24. The van der Waals surface area contributed by atoms with Crippen LogP contribution in [0, 0.1) is 0 Å². The van der Waals surface area contributed by atoms with Gasteiger partial charge in [0.1, 0.15) is 0 Å². The fourth-order valence-corrected chi connectivity index (χ4v) is 1.46. The molecule has 0 heterocycles. The van der Waals surface area contributed by atoms with E-state index >= 15 is 0 Å². The van der Waals surface area contributed by atoms with Crippen molar-refractivity contribution in [2.75, 3.05) is 26.3 Å². The summed E-state index contributed by atoms with van der Waals surface area (Å²) in [6, 6.07) is 10.4. The number of hydrogen-bond donors (Lipinski definition) is 1. The maximum absolute atomic E-state index is 5.25.